The van der Waals surface area contributed by atoms with Gasteiger partial charge in [0.05, 0.1) is 7.11 Å². The normalized spacial score (nSPS) is 14.7. The van der Waals surface area contributed by atoms with Crippen LogP contribution in [0.1, 0.15) is 43.5 Å². The first-order valence-electron chi connectivity index (χ1n) is 10.4. The van der Waals surface area contributed by atoms with Crippen LogP contribution in [0.25, 0.3) is 0 Å². The average molecular weight is 431 g/mol. The molecule has 2 aromatic rings. The number of amides is 2. The second kappa shape index (κ2) is 9.76. The molecule has 1 fully saturated rings. The van der Waals surface area contributed by atoms with E-state index < -0.39 is 5.60 Å². The van der Waals surface area contributed by atoms with Gasteiger partial charge in [0.25, 0.3) is 5.91 Å². The van der Waals surface area contributed by atoms with E-state index in [2.05, 4.69) is 0 Å². The van der Waals surface area contributed by atoms with Crippen molar-refractivity contribution in [2.75, 3.05) is 33.3 Å². The molecular weight excluding hydrogens is 400 g/mol. The number of carbonyl (C=O) groups is 2. The third-order valence-corrected chi connectivity index (χ3v) is 4.73. The molecule has 1 saturated heterocycles. The molecule has 1 aromatic carbocycles. The van der Waals surface area contributed by atoms with Crippen LogP contribution in [-0.2, 0) is 11.3 Å². The van der Waals surface area contributed by atoms with E-state index in [-0.39, 0.29) is 24.4 Å². The molecule has 2 amide bonds. The summed E-state index contributed by atoms with van der Waals surface area (Å²) in [5.74, 6) is 1.97. The van der Waals surface area contributed by atoms with Crippen molar-refractivity contribution in [2.24, 2.45) is 0 Å². The van der Waals surface area contributed by atoms with Crippen LogP contribution in [0.5, 0.6) is 11.5 Å². The molecule has 8 heteroatoms. The fraction of sp³-hybridized carbons (Fsp3) is 0.478. The minimum Gasteiger partial charge on any atom is -0.497 e. The molecule has 0 N–H and O–H groups in total. The van der Waals surface area contributed by atoms with Crippen molar-refractivity contribution in [1.29, 1.82) is 0 Å². The molecule has 0 bridgehead atoms. The van der Waals surface area contributed by atoms with Gasteiger partial charge < -0.3 is 28.4 Å². The van der Waals surface area contributed by atoms with E-state index in [9.17, 15) is 9.59 Å². The number of hydrogen-bond acceptors (Lipinski definition) is 6. The van der Waals surface area contributed by atoms with E-state index in [1.165, 1.54) is 0 Å². The Morgan fingerprint density at radius 2 is 1.71 bits per heavy atom. The van der Waals surface area contributed by atoms with Gasteiger partial charge in [-0.1, -0.05) is 6.07 Å². The summed E-state index contributed by atoms with van der Waals surface area (Å²) >= 11 is 0. The number of nitrogens with zero attached hydrogens (tertiary/aromatic N) is 2. The standard InChI is InChI=1S/C23H30N2O6/c1-23(2,3)31-22(27)25-12-6-11-24(13-14-25)21(26)20-10-9-19(30-20)16-29-18-8-5-7-17(15-18)28-4/h5,7-10,15H,6,11-14,16H2,1-4H3. The number of carbonyl (C=O) groups excluding carboxylic acids is 2. The molecule has 0 radical (unpaired) electrons. The van der Waals surface area contributed by atoms with Crippen molar-refractivity contribution in [3.63, 3.8) is 0 Å². The predicted octanol–water partition coefficient (Wildman–Crippen LogP) is 3.95. The molecule has 0 saturated carbocycles. The first kappa shape index (κ1) is 22.5. The molecule has 2 heterocycles. The Morgan fingerprint density at radius 1 is 1.00 bits per heavy atom. The Labute approximate surface area is 182 Å². The smallest absolute Gasteiger partial charge is 0.410 e. The number of furan rings is 1. The fourth-order valence-corrected chi connectivity index (χ4v) is 3.20. The lowest BCUT2D eigenvalue weighted by Gasteiger charge is -2.26. The van der Waals surface area contributed by atoms with Crippen molar-refractivity contribution in [2.45, 2.75) is 39.4 Å². The minimum absolute atomic E-state index is 0.196. The van der Waals surface area contributed by atoms with Gasteiger partial charge in [-0.3, -0.25) is 4.79 Å². The molecule has 0 atom stereocenters. The molecule has 168 valence electrons. The molecular formula is C23H30N2O6. The second-order valence-electron chi connectivity index (χ2n) is 8.35. The summed E-state index contributed by atoms with van der Waals surface area (Å²) in [5, 5.41) is 0. The number of methoxy groups -OCH3 is 1. The zero-order chi connectivity index (χ0) is 22.4. The van der Waals surface area contributed by atoms with Crippen LogP contribution in [0.2, 0.25) is 0 Å². The highest BCUT2D eigenvalue weighted by molar-refractivity contribution is 5.91. The summed E-state index contributed by atoms with van der Waals surface area (Å²) in [5.41, 5.74) is -0.545. The van der Waals surface area contributed by atoms with Gasteiger partial charge in [0.1, 0.15) is 29.5 Å². The SMILES string of the molecule is COc1cccc(OCc2ccc(C(=O)N3CCCN(C(=O)OC(C)(C)C)CC3)o2)c1. The highest BCUT2D eigenvalue weighted by Gasteiger charge is 2.27. The number of rotatable bonds is 5. The van der Waals surface area contributed by atoms with Crippen LogP contribution < -0.4 is 9.47 Å². The predicted molar refractivity (Wildman–Crippen MR) is 114 cm³/mol. The summed E-state index contributed by atoms with van der Waals surface area (Å²) in [4.78, 5) is 28.5. The van der Waals surface area contributed by atoms with Crippen LogP contribution in [0, 0.1) is 0 Å². The zero-order valence-electron chi connectivity index (χ0n) is 18.6. The summed E-state index contributed by atoms with van der Waals surface area (Å²) in [6.07, 6.45) is 0.328. The van der Waals surface area contributed by atoms with E-state index in [1.807, 2.05) is 39.0 Å². The lowest BCUT2D eigenvalue weighted by atomic mass is 10.2. The van der Waals surface area contributed by atoms with Crippen LogP contribution >= 0.6 is 0 Å². The summed E-state index contributed by atoms with van der Waals surface area (Å²) in [6.45, 7) is 7.67. The van der Waals surface area contributed by atoms with Gasteiger partial charge >= 0.3 is 6.09 Å². The molecule has 0 aliphatic carbocycles. The monoisotopic (exact) mass is 430 g/mol. The highest BCUT2D eigenvalue weighted by atomic mass is 16.6. The van der Waals surface area contributed by atoms with E-state index in [0.29, 0.717) is 49.9 Å². The van der Waals surface area contributed by atoms with E-state index in [0.717, 1.165) is 0 Å². The van der Waals surface area contributed by atoms with Gasteiger partial charge in [-0.05, 0) is 51.5 Å². The average Bonchev–Trinajstić information content (AvgIpc) is 3.06. The van der Waals surface area contributed by atoms with Crippen LogP contribution in [0.4, 0.5) is 4.79 Å². The maximum Gasteiger partial charge on any atom is 0.410 e. The number of hydrogen-bond donors (Lipinski definition) is 0. The van der Waals surface area contributed by atoms with Gasteiger partial charge in [-0.2, -0.15) is 0 Å². The Bertz CT molecular complexity index is 901. The third-order valence-electron chi connectivity index (χ3n) is 4.73. The van der Waals surface area contributed by atoms with Crippen molar-refractivity contribution < 1.29 is 28.2 Å². The van der Waals surface area contributed by atoms with Gasteiger partial charge in [-0.25, -0.2) is 4.79 Å². The molecule has 1 aliphatic rings. The molecule has 1 aromatic heterocycles. The summed E-state index contributed by atoms with van der Waals surface area (Å²) in [6, 6.07) is 10.7. The summed E-state index contributed by atoms with van der Waals surface area (Å²) in [7, 11) is 1.60. The van der Waals surface area contributed by atoms with Crippen LogP contribution in [0.15, 0.2) is 40.8 Å². The third kappa shape index (κ3) is 6.41. The number of benzene rings is 1. The Kier molecular flexibility index (Phi) is 7.09. The first-order chi connectivity index (χ1) is 14.7. The van der Waals surface area contributed by atoms with Crippen molar-refractivity contribution in [3.05, 3.63) is 47.9 Å². The van der Waals surface area contributed by atoms with Crippen molar-refractivity contribution in [3.8, 4) is 11.5 Å². The highest BCUT2D eigenvalue weighted by Crippen LogP contribution is 2.21. The van der Waals surface area contributed by atoms with Gasteiger partial charge in [-0.15, -0.1) is 0 Å². The second-order valence-corrected chi connectivity index (χ2v) is 8.35. The van der Waals surface area contributed by atoms with E-state index in [1.54, 1.807) is 35.1 Å². The van der Waals surface area contributed by atoms with E-state index >= 15 is 0 Å². The van der Waals surface area contributed by atoms with Gasteiger partial charge in [0.2, 0.25) is 0 Å². The topological polar surface area (TPSA) is 81.5 Å². The molecule has 0 unspecified atom stereocenters. The largest absolute Gasteiger partial charge is 0.497 e. The molecule has 1 aliphatic heterocycles. The quantitative estimate of drug-likeness (QED) is 0.714. The maximum atomic E-state index is 12.9. The molecule has 0 spiro atoms. The van der Waals surface area contributed by atoms with Gasteiger partial charge in [0.15, 0.2) is 5.76 Å². The Balaban J connectivity index is 1.54. The lowest BCUT2D eigenvalue weighted by molar-refractivity contribution is 0.0255. The minimum atomic E-state index is -0.545. The lowest BCUT2D eigenvalue weighted by Crippen LogP contribution is -2.40. The Hall–Kier alpha value is -3.16. The summed E-state index contributed by atoms with van der Waals surface area (Å²) < 4.78 is 22.0. The molecule has 3 rings (SSSR count). The maximum absolute atomic E-state index is 12.9. The Morgan fingerprint density at radius 3 is 2.45 bits per heavy atom. The fourth-order valence-electron chi connectivity index (χ4n) is 3.20. The van der Waals surface area contributed by atoms with Crippen LogP contribution in [0.3, 0.4) is 0 Å². The molecule has 8 nitrogen and oxygen atoms in total. The van der Waals surface area contributed by atoms with E-state index in [4.69, 9.17) is 18.6 Å². The van der Waals surface area contributed by atoms with Crippen LogP contribution in [-0.4, -0.2) is 60.7 Å². The zero-order valence-corrected chi connectivity index (χ0v) is 18.6. The first-order valence-corrected chi connectivity index (χ1v) is 10.4. The molecule has 31 heavy (non-hydrogen) atoms. The van der Waals surface area contributed by atoms with Crippen molar-refractivity contribution >= 4 is 12.0 Å². The number of ether oxygens (including phenoxy) is 3. The van der Waals surface area contributed by atoms with Gasteiger partial charge in [0, 0.05) is 32.2 Å². The van der Waals surface area contributed by atoms with Crippen molar-refractivity contribution in [1.82, 2.24) is 9.80 Å².